The molecule has 0 spiro atoms. The number of hydrogen-bond acceptors (Lipinski definition) is 7. The second-order valence-corrected chi connectivity index (χ2v) is 7.53. The van der Waals surface area contributed by atoms with Gasteiger partial charge in [0.05, 0.1) is 13.2 Å². The molecule has 138 valence electrons. The quantitative estimate of drug-likeness (QED) is 0.585. The first-order valence-corrected chi connectivity index (χ1v) is 9.72. The van der Waals surface area contributed by atoms with Gasteiger partial charge in [-0.1, -0.05) is 12.1 Å². The maximum absolute atomic E-state index is 10.8. The predicted octanol–water partition coefficient (Wildman–Crippen LogP) is 2.32. The van der Waals surface area contributed by atoms with E-state index in [0.717, 1.165) is 18.7 Å². The van der Waals surface area contributed by atoms with Gasteiger partial charge in [-0.05, 0) is 22.6 Å². The van der Waals surface area contributed by atoms with Crippen LogP contribution in [0.5, 0.6) is 6.01 Å². The number of aromatic nitrogens is 2. The zero-order valence-electron chi connectivity index (χ0n) is 14.2. The Hall–Kier alpha value is -2.26. The molecule has 0 radical (unpaired) electrons. The van der Waals surface area contributed by atoms with Gasteiger partial charge in [0, 0.05) is 35.3 Å². The summed E-state index contributed by atoms with van der Waals surface area (Å²) in [6.45, 7) is 3.52. The Balaban J connectivity index is 1.32. The van der Waals surface area contributed by atoms with Crippen molar-refractivity contribution in [2.75, 3.05) is 36.1 Å². The Kier molecular flexibility index (Phi) is 4.98. The van der Waals surface area contributed by atoms with Crippen LogP contribution < -0.4 is 9.64 Å². The highest BCUT2D eigenvalue weighted by molar-refractivity contribution is 7.99. The average molecular weight is 376 g/mol. The molecule has 0 bridgehead atoms. The van der Waals surface area contributed by atoms with Crippen molar-refractivity contribution in [3.63, 3.8) is 0 Å². The number of benzene rings is 1. The molecular weight excluding hydrogens is 356 g/mol. The van der Waals surface area contributed by atoms with Gasteiger partial charge in [0.15, 0.2) is 0 Å². The Labute approximate surface area is 155 Å². The molecule has 1 fully saturated rings. The largest absolute Gasteiger partial charge is 0.443 e. The summed E-state index contributed by atoms with van der Waals surface area (Å²) in [7, 11) is 0. The Morgan fingerprint density at radius 2 is 2.08 bits per heavy atom. The van der Waals surface area contributed by atoms with Crippen LogP contribution in [0.1, 0.15) is 5.56 Å². The number of ether oxygens (including phenoxy) is 2. The molecular formula is C17H20N4O4S. The zero-order valence-corrected chi connectivity index (χ0v) is 15.1. The molecule has 9 heteroatoms. The number of nitrogens with zero attached hydrogens (tertiary/aromatic N) is 4. The van der Waals surface area contributed by atoms with Crippen LogP contribution >= 0.6 is 11.8 Å². The number of rotatable bonds is 5. The van der Waals surface area contributed by atoms with Gasteiger partial charge < -0.3 is 24.5 Å². The standard InChI is InChI=1S/C17H20N4O4S/c22-21(23)16-10-20-9-15(12-25-17(20)18-16)24-11-13-1-3-14(4-2-13)19-5-7-26-8-6-19/h1-4,10,15H,5-9,11-12H2/t15-/m0/s1. The summed E-state index contributed by atoms with van der Waals surface area (Å²) >= 11 is 2.00. The van der Waals surface area contributed by atoms with Gasteiger partial charge in [0.2, 0.25) is 0 Å². The fourth-order valence-corrected chi connectivity index (χ4v) is 4.00. The molecule has 0 N–H and O–H groups in total. The van der Waals surface area contributed by atoms with Crippen LogP contribution in [-0.2, 0) is 17.9 Å². The number of fused-ring (bicyclic) bond motifs is 1. The van der Waals surface area contributed by atoms with Crippen molar-refractivity contribution >= 4 is 23.3 Å². The molecule has 0 unspecified atom stereocenters. The van der Waals surface area contributed by atoms with Crippen molar-refractivity contribution in [1.82, 2.24) is 9.55 Å². The summed E-state index contributed by atoms with van der Waals surface area (Å²) in [5, 5.41) is 10.8. The Bertz CT molecular complexity index is 774. The van der Waals surface area contributed by atoms with Gasteiger partial charge in [0.25, 0.3) is 0 Å². The Morgan fingerprint density at radius 3 is 2.81 bits per heavy atom. The van der Waals surface area contributed by atoms with Crippen LogP contribution in [0.4, 0.5) is 11.5 Å². The highest BCUT2D eigenvalue weighted by atomic mass is 32.2. The molecule has 3 heterocycles. The van der Waals surface area contributed by atoms with E-state index in [9.17, 15) is 10.1 Å². The third kappa shape index (κ3) is 3.78. The second kappa shape index (κ2) is 7.55. The van der Waals surface area contributed by atoms with E-state index < -0.39 is 4.92 Å². The van der Waals surface area contributed by atoms with E-state index in [-0.39, 0.29) is 17.9 Å². The van der Waals surface area contributed by atoms with Crippen molar-refractivity contribution in [3.05, 3.63) is 46.1 Å². The first-order valence-electron chi connectivity index (χ1n) is 8.56. The lowest BCUT2D eigenvalue weighted by atomic mass is 10.2. The fourth-order valence-electron chi connectivity index (χ4n) is 3.10. The Morgan fingerprint density at radius 1 is 1.31 bits per heavy atom. The van der Waals surface area contributed by atoms with Gasteiger partial charge in [0.1, 0.15) is 18.9 Å². The highest BCUT2D eigenvalue weighted by Gasteiger charge is 2.28. The predicted molar refractivity (Wildman–Crippen MR) is 98.9 cm³/mol. The minimum absolute atomic E-state index is 0.157. The lowest BCUT2D eigenvalue weighted by Gasteiger charge is -2.28. The second-order valence-electron chi connectivity index (χ2n) is 6.30. The summed E-state index contributed by atoms with van der Waals surface area (Å²) in [4.78, 5) is 16.5. The van der Waals surface area contributed by atoms with E-state index in [1.807, 2.05) is 11.8 Å². The van der Waals surface area contributed by atoms with E-state index in [1.54, 1.807) is 4.57 Å². The van der Waals surface area contributed by atoms with Crippen LogP contribution in [0, 0.1) is 10.1 Å². The molecule has 4 rings (SSSR count). The van der Waals surface area contributed by atoms with E-state index >= 15 is 0 Å². The van der Waals surface area contributed by atoms with Crippen molar-refractivity contribution in [1.29, 1.82) is 0 Å². The molecule has 1 atom stereocenters. The molecule has 26 heavy (non-hydrogen) atoms. The molecule has 0 saturated carbocycles. The monoisotopic (exact) mass is 376 g/mol. The van der Waals surface area contributed by atoms with Gasteiger partial charge in [-0.3, -0.25) is 4.57 Å². The van der Waals surface area contributed by atoms with Crippen LogP contribution in [0.25, 0.3) is 0 Å². The molecule has 0 aliphatic carbocycles. The number of imidazole rings is 1. The lowest BCUT2D eigenvalue weighted by Crippen LogP contribution is -2.32. The third-order valence-electron chi connectivity index (χ3n) is 4.51. The highest BCUT2D eigenvalue weighted by Crippen LogP contribution is 2.23. The maximum atomic E-state index is 10.8. The molecule has 0 amide bonds. The van der Waals surface area contributed by atoms with Crippen molar-refractivity contribution in [2.24, 2.45) is 0 Å². The first kappa shape index (κ1) is 17.2. The molecule has 1 aromatic carbocycles. The maximum Gasteiger partial charge on any atom is 0.414 e. The smallest absolute Gasteiger partial charge is 0.414 e. The molecule has 1 aromatic heterocycles. The van der Waals surface area contributed by atoms with Crippen molar-refractivity contribution in [2.45, 2.75) is 19.3 Å². The molecule has 1 saturated heterocycles. The van der Waals surface area contributed by atoms with E-state index in [2.05, 4.69) is 34.1 Å². The summed E-state index contributed by atoms with van der Waals surface area (Å²) < 4.78 is 13.0. The summed E-state index contributed by atoms with van der Waals surface area (Å²) in [6.07, 6.45) is 1.23. The van der Waals surface area contributed by atoms with Gasteiger partial charge in [-0.2, -0.15) is 11.8 Å². The number of thioether (sulfide) groups is 1. The van der Waals surface area contributed by atoms with E-state index in [4.69, 9.17) is 9.47 Å². The SMILES string of the molecule is O=[N+]([O-])c1cn2c(n1)OC[C@@H](OCc1ccc(N3CCSCC3)cc1)C2. The molecule has 2 aliphatic heterocycles. The summed E-state index contributed by atoms with van der Waals surface area (Å²) in [6, 6.07) is 8.75. The van der Waals surface area contributed by atoms with Crippen LogP contribution in [-0.4, -0.2) is 51.8 Å². The average Bonchev–Trinajstić information content (AvgIpc) is 3.11. The van der Waals surface area contributed by atoms with Gasteiger partial charge >= 0.3 is 11.8 Å². The normalized spacial score (nSPS) is 19.7. The number of nitro groups is 1. The summed E-state index contributed by atoms with van der Waals surface area (Å²) in [5.74, 6) is 2.16. The van der Waals surface area contributed by atoms with Gasteiger partial charge in [-0.15, -0.1) is 0 Å². The minimum Gasteiger partial charge on any atom is -0.443 e. The van der Waals surface area contributed by atoms with Crippen molar-refractivity contribution in [3.8, 4) is 6.01 Å². The first-order chi connectivity index (χ1) is 12.7. The summed E-state index contributed by atoms with van der Waals surface area (Å²) in [5.41, 5.74) is 2.35. The third-order valence-corrected chi connectivity index (χ3v) is 5.45. The van der Waals surface area contributed by atoms with Crippen LogP contribution in [0.2, 0.25) is 0 Å². The lowest BCUT2D eigenvalue weighted by molar-refractivity contribution is -0.389. The number of hydrogen-bond donors (Lipinski definition) is 0. The molecule has 2 aliphatic rings. The van der Waals surface area contributed by atoms with Crippen LogP contribution in [0.3, 0.4) is 0 Å². The van der Waals surface area contributed by atoms with Crippen LogP contribution in [0.15, 0.2) is 30.5 Å². The van der Waals surface area contributed by atoms with Gasteiger partial charge in [-0.25, -0.2) is 0 Å². The number of anilines is 1. The van der Waals surface area contributed by atoms with E-state index in [0.29, 0.717) is 19.8 Å². The van der Waals surface area contributed by atoms with E-state index in [1.165, 1.54) is 23.4 Å². The fraction of sp³-hybridized carbons (Fsp3) is 0.471. The molecule has 8 nitrogen and oxygen atoms in total. The minimum atomic E-state index is -0.521. The van der Waals surface area contributed by atoms with Crippen molar-refractivity contribution < 1.29 is 14.4 Å². The molecule has 2 aromatic rings. The zero-order chi connectivity index (χ0) is 17.9. The topological polar surface area (TPSA) is 82.7 Å².